The Morgan fingerprint density at radius 2 is 1.41 bits per heavy atom. The molecule has 0 aromatic carbocycles. The Kier molecular flexibility index (Phi) is 17.4. The first kappa shape index (κ1) is 29.3. The molecule has 11 heteroatoms. The predicted octanol–water partition coefficient (Wildman–Crippen LogP) is 1.48. The fourth-order valence-electron chi connectivity index (χ4n) is 1.97. The molecule has 0 radical (unpaired) electrons. The highest BCUT2D eigenvalue weighted by atomic mass is 28.3. The van der Waals surface area contributed by atoms with Crippen molar-refractivity contribution in [2.45, 2.75) is 51.4 Å². The Morgan fingerprint density at radius 3 is 1.91 bits per heavy atom. The van der Waals surface area contributed by atoms with Crippen LogP contribution >= 0.6 is 0 Å². The molecule has 0 aliphatic carbocycles. The van der Waals surface area contributed by atoms with Crippen LogP contribution in [0.2, 0.25) is 13.1 Å². The number of aliphatic hydroxyl groups excluding tert-OH is 1. The van der Waals surface area contributed by atoms with Crippen molar-refractivity contribution in [3.8, 4) is 12.0 Å². The van der Waals surface area contributed by atoms with E-state index in [9.17, 15) is 19.5 Å². The molecule has 0 saturated heterocycles. The van der Waals surface area contributed by atoms with Crippen molar-refractivity contribution in [3.63, 3.8) is 0 Å². The fraction of sp³-hybridized carbons (Fsp3) is 0.667. The van der Waals surface area contributed by atoms with E-state index in [1.54, 1.807) is 0 Å². The van der Waals surface area contributed by atoms with Gasteiger partial charge in [0.2, 0.25) is 0 Å². The van der Waals surface area contributed by atoms with Gasteiger partial charge in [-0.3, -0.25) is 0 Å². The van der Waals surface area contributed by atoms with Gasteiger partial charge in [0.1, 0.15) is 38.3 Å². The first-order valence-electron chi connectivity index (χ1n) is 10.7. The summed E-state index contributed by atoms with van der Waals surface area (Å²) in [6.45, 7) is 10.1. The van der Waals surface area contributed by atoms with Crippen molar-refractivity contribution < 1.29 is 38.4 Å². The van der Waals surface area contributed by atoms with Gasteiger partial charge in [0.15, 0.2) is 0 Å². The van der Waals surface area contributed by atoms with Crippen LogP contribution in [0.3, 0.4) is 0 Å². The van der Waals surface area contributed by atoms with Crippen molar-refractivity contribution >= 4 is 27.0 Å². The van der Waals surface area contributed by atoms with Crippen LogP contribution in [0.15, 0.2) is 12.2 Å². The average molecular weight is 473 g/mol. The van der Waals surface area contributed by atoms with Gasteiger partial charge in [-0.2, -0.15) is 0 Å². The molecule has 32 heavy (non-hydrogen) atoms. The van der Waals surface area contributed by atoms with E-state index in [4.69, 9.17) is 18.9 Å². The number of nitrogens with one attached hydrogen (secondary N) is 2. The molecule has 3 N–H and O–H groups in total. The molecule has 182 valence electrons. The van der Waals surface area contributed by atoms with Crippen molar-refractivity contribution in [2.75, 3.05) is 39.5 Å². The van der Waals surface area contributed by atoms with E-state index in [0.717, 1.165) is 25.7 Å². The van der Waals surface area contributed by atoms with Crippen LogP contribution in [0.25, 0.3) is 0 Å². The van der Waals surface area contributed by atoms with Crippen molar-refractivity contribution in [2.24, 2.45) is 0 Å². The maximum Gasteiger partial charge on any atom is 0.407 e. The molecule has 1 atom stereocenters. The SMILES string of the molecule is C=C(C)C(=O)OCCOC(=O)NCCCCCCNC(=O)OCCOC#CC(O)[SiH](C)C. The lowest BCUT2D eigenvalue weighted by molar-refractivity contribution is -0.139. The molecule has 0 bridgehead atoms. The number of ether oxygens (including phenoxy) is 4. The number of unbranched alkanes of at least 4 members (excludes halogenated alkanes) is 3. The Labute approximate surface area is 191 Å². The quantitative estimate of drug-likeness (QED) is 0.0815. The van der Waals surface area contributed by atoms with E-state index >= 15 is 0 Å². The van der Waals surface area contributed by atoms with Crippen LogP contribution in [-0.4, -0.2) is 77.3 Å². The molecule has 1 unspecified atom stereocenters. The fourth-order valence-corrected chi connectivity index (χ4v) is 2.38. The van der Waals surface area contributed by atoms with Crippen LogP contribution in [-0.2, 0) is 23.7 Å². The van der Waals surface area contributed by atoms with Gasteiger partial charge in [0.05, 0.1) is 8.80 Å². The molecule has 0 aliphatic heterocycles. The van der Waals surface area contributed by atoms with Crippen LogP contribution in [0.5, 0.6) is 0 Å². The Bertz CT molecular complexity index is 645. The van der Waals surface area contributed by atoms with Gasteiger partial charge in [0, 0.05) is 18.7 Å². The number of hydrogen-bond donors (Lipinski definition) is 3. The van der Waals surface area contributed by atoms with Crippen LogP contribution in [0, 0.1) is 12.0 Å². The third kappa shape index (κ3) is 18.1. The second-order valence-corrected chi connectivity index (χ2v) is 10.4. The van der Waals surface area contributed by atoms with E-state index < -0.39 is 32.7 Å². The standard InChI is InChI=1S/C21H36N2O8Si/c1-17(2)19(25)29-15-16-31-21(27)23-11-8-6-5-7-10-22-20(26)30-14-13-28-12-9-18(24)32(3)4/h18,24,32H,1,5-8,10-11,13-16H2,2-4H3,(H,22,26)(H,23,27). The highest BCUT2D eigenvalue weighted by molar-refractivity contribution is 6.58. The van der Waals surface area contributed by atoms with Gasteiger partial charge in [-0.15, -0.1) is 0 Å². The predicted molar refractivity (Wildman–Crippen MR) is 122 cm³/mol. The van der Waals surface area contributed by atoms with Gasteiger partial charge in [0.25, 0.3) is 0 Å². The number of esters is 1. The number of alkyl carbamates (subject to hydrolysis) is 2. The summed E-state index contributed by atoms with van der Waals surface area (Å²) in [4.78, 5) is 34.1. The van der Waals surface area contributed by atoms with Gasteiger partial charge < -0.3 is 34.7 Å². The molecule has 0 heterocycles. The molecule has 0 aromatic heterocycles. The summed E-state index contributed by atoms with van der Waals surface area (Å²) in [7, 11) is -1.22. The molecule has 0 saturated carbocycles. The summed E-state index contributed by atoms with van der Waals surface area (Å²) in [5.41, 5.74) is -0.313. The van der Waals surface area contributed by atoms with E-state index in [-0.39, 0.29) is 32.0 Å². The largest absolute Gasteiger partial charge is 0.459 e. The minimum absolute atomic E-state index is 0.0145. The van der Waals surface area contributed by atoms with E-state index in [0.29, 0.717) is 13.1 Å². The first-order valence-corrected chi connectivity index (χ1v) is 13.7. The topological polar surface area (TPSA) is 132 Å². The normalized spacial score (nSPS) is 10.9. The molecule has 0 fully saturated rings. The van der Waals surface area contributed by atoms with Crippen LogP contribution in [0.4, 0.5) is 9.59 Å². The zero-order chi connectivity index (χ0) is 24.2. The lowest BCUT2D eigenvalue weighted by Crippen LogP contribution is -2.27. The molecule has 0 aromatic rings. The Morgan fingerprint density at radius 1 is 0.906 bits per heavy atom. The number of amides is 2. The minimum Gasteiger partial charge on any atom is -0.459 e. The average Bonchev–Trinajstić information content (AvgIpc) is 2.74. The number of aliphatic hydroxyl groups is 1. The lowest BCUT2D eigenvalue weighted by Gasteiger charge is -2.08. The third-order valence-electron chi connectivity index (χ3n) is 3.87. The monoisotopic (exact) mass is 472 g/mol. The number of carbonyl (C=O) groups is 3. The zero-order valence-corrected chi connectivity index (χ0v) is 20.4. The van der Waals surface area contributed by atoms with Crippen molar-refractivity contribution in [3.05, 3.63) is 12.2 Å². The lowest BCUT2D eigenvalue weighted by atomic mass is 10.2. The number of carbonyl (C=O) groups excluding carboxylic acids is 3. The highest BCUT2D eigenvalue weighted by Crippen LogP contribution is 1.98. The van der Waals surface area contributed by atoms with E-state index in [2.05, 4.69) is 29.2 Å². The summed E-state index contributed by atoms with van der Waals surface area (Å²) in [5.74, 6) is 2.08. The number of hydrogen-bond acceptors (Lipinski definition) is 8. The number of rotatable bonds is 15. The van der Waals surface area contributed by atoms with Crippen molar-refractivity contribution in [1.82, 2.24) is 10.6 Å². The third-order valence-corrected chi connectivity index (χ3v) is 5.30. The van der Waals surface area contributed by atoms with Crippen LogP contribution in [0.1, 0.15) is 32.6 Å². The Balaban J connectivity index is 3.47. The zero-order valence-electron chi connectivity index (χ0n) is 19.2. The highest BCUT2D eigenvalue weighted by Gasteiger charge is 2.06. The Hall–Kier alpha value is -2.71. The first-order chi connectivity index (χ1) is 15.2. The minimum atomic E-state index is -1.22. The van der Waals surface area contributed by atoms with Gasteiger partial charge in [-0.1, -0.05) is 32.5 Å². The second-order valence-electron chi connectivity index (χ2n) is 7.24. The molecule has 2 amide bonds. The summed E-state index contributed by atoms with van der Waals surface area (Å²) in [5, 5.41) is 14.8. The maximum absolute atomic E-state index is 11.5. The molecule has 10 nitrogen and oxygen atoms in total. The molecule has 0 spiro atoms. The second kappa shape index (κ2) is 19.0. The maximum atomic E-state index is 11.5. The van der Waals surface area contributed by atoms with Gasteiger partial charge in [-0.05, 0) is 25.7 Å². The van der Waals surface area contributed by atoms with E-state index in [1.165, 1.54) is 6.92 Å². The van der Waals surface area contributed by atoms with Gasteiger partial charge in [-0.25, -0.2) is 14.4 Å². The smallest absolute Gasteiger partial charge is 0.407 e. The van der Waals surface area contributed by atoms with Crippen molar-refractivity contribution in [1.29, 1.82) is 0 Å². The molecule has 0 rings (SSSR count). The summed E-state index contributed by atoms with van der Waals surface area (Å²) in [6, 6.07) is 0. The van der Waals surface area contributed by atoms with Gasteiger partial charge >= 0.3 is 18.2 Å². The summed E-state index contributed by atoms with van der Waals surface area (Å²) >= 11 is 0. The molecular formula is C21H36N2O8Si. The van der Waals surface area contributed by atoms with Crippen LogP contribution < -0.4 is 10.6 Å². The van der Waals surface area contributed by atoms with E-state index in [1.807, 2.05) is 13.1 Å². The molecular weight excluding hydrogens is 436 g/mol. The molecule has 0 aliphatic rings. The summed E-state index contributed by atoms with van der Waals surface area (Å²) < 4.78 is 19.6. The summed E-state index contributed by atoms with van der Waals surface area (Å²) in [6.07, 6.45) is 4.65.